The number of aromatic amines is 1. The van der Waals surface area contributed by atoms with Crippen molar-refractivity contribution in [1.82, 2.24) is 29.8 Å². The lowest BCUT2D eigenvalue weighted by atomic mass is 9.86. The first-order chi connectivity index (χ1) is 25.3. The second-order valence-corrected chi connectivity index (χ2v) is 14.6. The Morgan fingerprint density at radius 3 is 2.51 bits per heavy atom. The van der Waals surface area contributed by atoms with Crippen LogP contribution in [0.4, 0.5) is 24.8 Å². The largest absolute Gasteiger partial charge is 0.481 e. The number of pyridine rings is 3. The number of carbonyl (C=O) groups excluding carboxylic acids is 2. The highest BCUT2D eigenvalue weighted by Gasteiger charge is 2.40. The molecule has 2 amide bonds. The number of carboxylic acid groups (broad SMARTS) is 1. The smallest absolute Gasteiger partial charge is 0.418 e. The Bertz CT molecular complexity index is 2030. The summed E-state index contributed by atoms with van der Waals surface area (Å²) in [5.41, 5.74) is 1.13. The molecule has 53 heavy (non-hydrogen) atoms. The molecule has 5 heterocycles. The first kappa shape index (κ1) is 36.2. The van der Waals surface area contributed by atoms with Crippen molar-refractivity contribution in [2.24, 2.45) is 11.3 Å². The highest BCUT2D eigenvalue weighted by atomic mass is 19.4. The fourth-order valence-electron chi connectivity index (χ4n) is 7.74. The number of hydrogen-bond donors (Lipinski definition) is 3. The van der Waals surface area contributed by atoms with Crippen molar-refractivity contribution < 1.29 is 37.4 Å². The number of amides is 2. The molecule has 0 spiro atoms. The van der Waals surface area contributed by atoms with Gasteiger partial charge in [-0.25, -0.2) is 4.98 Å². The molecule has 3 aliphatic rings. The van der Waals surface area contributed by atoms with Gasteiger partial charge in [0.1, 0.15) is 11.2 Å². The molecule has 0 bridgehead atoms. The number of piperidine rings is 1. The summed E-state index contributed by atoms with van der Waals surface area (Å²) < 4.78 is 48.2. The third-order valence-corrected chi connectivity index (χ3v) is 10.6. The van der Waals surface area contributed by atoms with Crippen LogP contribution in [0.15, 0.2) is 36.7 Å². The van der Waals surface area contributed by atoms with E-state index in [9.17, 15) is 32.7 Å². The van der Waals surface area contributed by atoms with E-state index in [1.807, 2.05) is 11.9 Å². The zero-order valence-corrected chi connectivity index (χ0v) is 29.5. The van der Waals surface area contributed by atoms with Crippen LogP contribution in [0.25, 0.3) is 22.4 Å². The number of H-pyrrole nitrogens is 1. The van der Waals surface area contributed by atoms with Gasteiger partial charge in [0.2, 0.25) is 5.95 Å². The van der Waals surface area contributed by atoms with Crippen LogP contribution in [0, 0.1) is 11.3 Å². The summed E-state index contributed by atoms with van der Waals surface area (Å²) in [4.78, 5) is 62.0. The van der Waals surface area contributed by atoms with Gasteiger partial charge in [0.05, 0.1) is 40.7 Å². The number of aromatic nitrogens is 5. The van der Waals surface area contributed by atoms with Crippen molar-refractivity contribution >= 4 is 40.6 Å². The lowest BCUT2D eigenvalue weighted by molar-refractivity contribution is -0.143. The van der Waals surface area contributed by atoms with Crippen molar-refractivity contribution in [3.63, 3.8) is 0 Å². The molecule has 7 rings (SSSR count). The van der Waals surface area contributed by atoms with E-state index in [-0.39, 0.29) is 63.6 Å². The van der Waals surface area contributed by atoms with Crippen LogP contribution in [0.3, 0.4) is 0 Å². The zero-order valence-electron chi connectivity index (χ0n) is 29.5. The van der Waals surface area contributed by atoms with Crippen LogP contribution in [0.2, 0.25) is 0 Å². The predicted octanol–water partition coefficient (Wildman–Crippen LogP) is 6.14. The van der Waals surface area contributed by atoms with E-state index in [1.165, 1.54) is 29.4 Å². The van der Waals surface area contributed by atoms with Crippen LogP contribution in [-0.4, -0.2) is 93.1 Å². The number of ether oxygens (including phenoxy) is 1. The Labute approximate surface area is 303 Å². The number of alkyl halides is 3. The number of hydrogen-bond acceptors (Lipinski definition) is 9. The van der Waals surface area contributed by atoms with E-state index in [4.69, 9.17) is 4.74 Å². The number of carbonyl (C=O) groups is 3. The van der Waals surface area contributed by atoms with Crippen molar-refractivity contribution in [2.45, 2.75) is 63.5 Å². The Balaban J connectivity index is 1.18. The molecule has 0 radical (unpaired) electrons. The summed E-state index contributed by atoms with van der Waals surface area (Å²) in [5.74, 6) is -2.72. The summed E-state index contributed by atoms with van der Waals surface area (Å²) in [7, 11) is 3.58. The maximum absolute atomic E-state index is 14.2. The van der Waals surface area contributed by atoms with Gasteiger partial charge in [0.25, 0.3) is 11.8 Å². The Kier molecular flexibility index (Phi) is 9.83. The second-order valence-electron chi connectivity index (χ2n) is 14.6. The molecule has 1 aliphatic heterocycles. The third kappa shape index (κ3) is 7.68. The molecule has 4 aromatic heterocycles. The molecule has 3 N–H and O–H groups in total. The zero-order chi connectivity index (χ0) is 37.5. The van der Waals surface area contributed by atoms with Crippen molar-refractivity contribution in [3.05, 3.63) is 59.2 Å². The van der Waals surface area contributed by atoms with Gasteiger partial charge in [-0.3, -0.25) is 29.7 Å². The van der Waals surface area contributed by atoms with Gasteiger partial charge in [0.15, 0.2) is 5.65 Å². The topological polar surface area (TPSA) is 167 Å². The quantitative estimate of drug-likeness (QED) is 0.163. The van der Waals surface area contributed by atoms with Crippen molar-refractivity contribution in [1.29, 1.82) is 0 Å². The maximum Gasteiger partial charge on any atom is 0.418 e. The summed E-state index contributed by atoms with van der Waals surface area (Å²) in [5, 5.41) is 12.1. The van der Waals surface area contributed by atoms with Gasteiger partial charge in [0, 0.05) is 63.1 Å². The number of methoxy groups -OCH3 is 1. The lowest BCUT2D eigenvalue weighted by Crippen LogP contribution is -2.42. The van der Waals surface area contributed by atoms with E-state index in [0.717, 1.165) is 31.7 Å². The summed E-state index contributed by atoms with van der Waals surface area (Å²) >= 11 is 0. The van der Waals surface area contributed by atoms with Gasteiger partial charge >= 0.3 is 12.1 Å². The molecule has 3 fully saturated rings. The number of likely N-dealkylation sites (tertiary alicyclic amines) is 1. The van der Waals surface area contributed by atoms with Gasteiger partial charge < -0.3 is 24.6 Å². The number of rotatable bonds is 11. The summed E-state index contributed by atoms with van der Waals surface area (Å²) in [6.07, 6.45) is 4.62. The molecule has 0 aromatic carbocycles. The number of halogens is 3. The molecule has 4 aromatic rings. The molecular weight excluding hydrogens is 693 g/mol. The number of anilines is 2. The molecule has 16 heteroatoms. The number of nitrogens with zero attached hydrogens (tertiary/aromatic N) is 6. The van der Waals surface area contributed by atoms with Crippen LogP contribution in [0.1, 0.15) is 89.4 Å². The van der Waals surface area contributed by atoms with Gasteiger partial charge in [-0.1, -0.05) is 12.8 Å². The van der Waals surface area contributed by atoms with E-state index >= 15 is 0 Å². The Hall–Kier alpha value is -5.12. The van der Waals surface area contributed by atoms with Crippen LogP contribution in [-0.2, 0) is 15.7 Å². The number of carboxylic acids is 1. The highest BCUT2D eigenvalue weighted by molar-refractivity contribution is 6.03. The van der Waals surface area contributed by atoms with Gasteiger partial charge in [-0.15, -0.1) is 0 Å². The van der Waals surface area contributed by atoms with Crippen molar-refractivity contribution in [3.8, 4) is 11.3 Å². The minimum atomic E-state index is -4.58. The fourth-order valence-corrected chi connectivity index (χ4v) is 7.74. The Morgan fingerprint density at radius 2 is 1.85 bits per heavy atom. The molecule has 1 saturated heterocycles. The minimum absolute atomic E-state index is 0.000648. The Morgan fingerprint density at radius 1 is 1.08 bits per heavy atom. The van der Waals surface area contributed by atoms with E-state index in [2.05, 4.69) is 30.2 Å². The third-order valence-electron chi connectivity index (χ3n) is 10.6. The first-order valence-corrected chi connectivity index (χ1v) is 17.8. The SMILES string of the molecule is COCC1(CN(C)c2cc(-c3cnc(C4CC4)c(C(F)(F)F)c3)nc3nc(NC(=O)c4ccc(C(=O)N5CCCC(C(=O)O)C5)cn4)[nH]c23)CCCC1. The first-order valence-electron chi connectivity index (χ1n) is 17.8. The number of fused-ring (bicyclic) bond motifs is 1. The van der Waals surface area contributed by atoms with Crippen LogP contribution < -0.4 is 10.2 Å². The number of aliphatic carboxylic acids is 1. The number of nitrogens with one attached hydrogen (secondary N) is 2. The highest BCUT2D eigenvalue weighted by Crippen LogP contribution is 2.46. The average Bonchev–Trinajstić information content (AvgIpc) is 3.76. The lowest BCUT2D eigenvalue weighted by Gasteiger charge is -2.34. The monoisotopic (exact) mass is 734 g/mol. The molecule has 13 nitrogen and oxygen atoms in total. The summed E-state index contributed by atoms with van der Waals surface area (Å²) in [6, 6.07) is 5.68. The fraction of sp³-hybridized carbons (Fsp3) is 0.486. The summed E-state index contributed by atoms with van der Waals surface area (Å²) in [6.45, 7) is 1.70. The molecule has 1 atom stereocenters. The normalized spacial score (nSPS) is 18.7. The van der Waals surface area contributed by atoms with E-state index < -0.39 is 29.5 Å². The van der Waals surface area contributed by atoms with Gasteiger partial charge in [-0.05, 0) is 62.8 Å². The van der Waals surface area contributed by atoms with Crippen molar-refractivity contribution in [2.75, 3.05) is 50.6 Å². The predicted molar refractivity (Wildman–Crippen MR) is 189 cm³/mol. The molecular formula is C37H41F3N8O5. The molecule has 1 unspecified atom stereocenters. The van der Waals surface area contributed by atoms with E-state index in [0.29, 0.717) is 56.6 Å². The molecule has 2 saturated carbocycles. The maximum atomic E-state index is 14.2. The minimum Gasteiger partial charge on any atom is -0.481 e. The number of imidazole rings is 1. The molecule has 2 aliphatic carbocycles. The van der Waals surface area contributed by atoms with Crippen LogP contribution in [0.5, 0.6) is 0 Å². The van der Waals surface area contributed by atoms with E-state index in [1.54, 1.807) is 13.2 Å². The van der Waals surface area contributed by atoms with Crippen LogP contribution >= 0.6 is 0 Å². The standard InChI is InChI=1S/C37H41F3N8O5/c1-47(19-36(20-53-2)11-3-4-12-36)28-15-27(24-14-25(37(38,39)40)29(42-17-24)21-7-8-21)43-31-30(28)44-35(45-31)46-32(49)26-10-9-22(16-41-26)33(50)48-13-5-6-23(18-48)34(51)52/h9-10,14-17,21,23H,3-8,11-13,18-20H2,1-2H3,(H,51,52)(H2,43,44,45,46,49). The average molecular weight is 735 g/mol. The second kappa shape index (κ2) is 14.4. The van der Waals surface area contributed by atoms with Gasteiger partial charge in [-0.2, -0.15) is 18.2 Å². The molecule has 280 valence electrons.